The van der Waals surface area contributed by atoms with E-state index in [4.69, 9.17) is 0 Å². The number of aliphatic hydroxyl groups is 2. The SMILES string of the molecule is O[C@@H](CN1CCCCC1)CC(O)(c1ccccc1)c1ccccc1. The van der Waals surface area contributed by atoms with Crippen molar-refractivity contribution >= 4 is 0 Å². The molecule has 2 aromatic rings. The number of rotatable bonds is 6. The third-order valence-electron chi connectivity index (χ3n) is 4.95. The molecule has 24 heavy (non-hydrogen) atoms. The lowest BCUT2D eigenvalue weighted by atomic mass is 9.81. The van der Waals surface area contributed by atoms with Gasteiger partial charge < -0.3 is 15.1 Å². The van der Waals surface area contributed by atoms with E-state index in [-0.39, 0.29) is 0 Å². The van der Waals surface area contributed by atoms with Crippen LogP contribution < -0.4 is 0 Å². The maximum Gasteiger partial charge on any atom is 0.117 e. The monoisotopic (exact) mass is 325 g/mol. The van der Waals surface area contributed by atoms with Crippen LogP contribution in [0.25, 0.3) is 0 Å². The highest BCUT2D eigenvalue weighted by Gasteiger charge is 2.34. The third-order valence-corrected chi connectivity index (χ3v) is 4.95. The molecule has 3 rings (SSSR count). The Morgan fingerprint density at radius 3 is 1.83 bits per heavy atom. The number of nitrogens with zero attached hydrogens (tertiary/aromatic N) is 1. The smallest absolute Gasteiger partial charge is 0.117 e. The van der Waals surface area contributed by atoms with Crippen molar-refractivity contribution in [2.45, 2.75) is 37.4 Å². The van der Waals surface area contributed by atoms with Crippen LogP contribution >= 0.6 is 0 Å². The van der Waals surface area contributed by atoms with Crippen molar-refractivity contribution in [2.75, 3.05) is 19.6 Å². The second kappa shape index (κ2) is 7.93. The summed E-state index contributed by atoms with van der Waals surface area (Å²) in [6.07, 6.45) is 3.43. The number of hydrogen-bond donors (Lipinski definition) is 2. The summed E-state index contributed by atoms with van der Waals surface area (Å²) in [5.41, 5.74) is 0.486. The van der Waals surface area contributed by atoms with Gasteiger partial charge in [-0.05, 0) is 37.1 Å². The Bertz CT molecular complexity index is 569. The van der Waals surface area contributed by atoms with Crippen LogP contribution in [0.15, 0.2) is 60.7 Å². The van der Waals surface area contributed by atoms with Crippen LogP contribution in [0, 0.1) is 0 Å². The molecule has 1 atom stereocenters. The van der Waals surface area contributed by atoms with Crippen LogP contribution in [0.1, 0.15) is 36.8 Å². The molecule has 2 N–H and O–H groups in total. The van der Waals surface area contributed by atoms with Crippen molar-refractivity contribution in [2.24, 2.45) is 0 Å². The summed E-state index contributed by atoms with van der Waals surface area (Å²) in [5, 5.41) is 22.1. The van der Waals surface area contributed by atoms with E-state index in [1.54, 1.807) is 0 Å². The molecule has 128 valence electrons. The summed E-state index contributed by atoms with van der Waals surface area (Å²) in [5.74, 6) is 0. The van der Waals surface area contributed by atoms with Crippen LogP contribution in [0.4, 0.5) is 0 Å². The zero-order chi connectivity index (χ0) is 16.8. The molecular weight excluding hydrogens is 298 g/mol. The maximum atomic E-state index is 11.5. The lowest BCUT2D eigenvalue weighted by Gasteiger charge is -2.34. The van der Waals surface area contributed by atoms with Crippen molar-refractivity contribution in [1.29, 1.82) is 0 Å². The number of β-amino-alcohol motifs (C(OH)–C–C–N with tert-alkyl or cyclic N) is 1. The number of piperidine rings is 1. The molecule has 1 saturated heterocycles. The zero-order valence-corrected chi connectivity index (χ0v) is 14.1. The predicted octanol–water partition coefficient (Wildman–Crippen LogP) is 3.16. The van der Waals surface area contributed by atoms with Gasteiger partial charge in [-0.2, -0.15) is 0 Å². The van der Waals surface area contributed by atoms with Crippen LogP contribution in [0.3, 0.4) is 0 Å². The lowest BCUT2D eigenvalue weighted by molar-refractivity contribution is 0.00216. The fourth-order valence-electron chi connectivity index (χ4n) is 3.68. The minimum atomic E-state index is -1.17. The van der Waals surface area contributed by atoms with Gasteiger partial charge in [0.05, 0.1) is 6.10 Å². The van der Waals surface area contributed by atoms with Gasteiger partial charge in [-0.3, -0.25) is 0 Å². The molecule has 1 aliphatic rings. The van der Waals surface area contributed by atoms with Gasteiger partial charge in [0.2, 0.25) is 0 Å². The molecule has 1 heterocycles. The van der Waals surface area contributed by atoms with Gasteiger partial charge in [-0.15, -0.1) is 0 Å². The second-order valence-electron chi connectivity index (χ2n) is 6.81. The molecule has 3 nitrogen and oxygen atoms in total. The van der Waals surface area contributed by atoms with E-state index in [1.807, 2.05) is 60.7 Å². The van der Waals surface area contributed by atoms with Gasteiger partial charge in [0, 0.05) is 13.0 Å². The first-order valence-electron chi connectivity index (χ1n) is 8.92. The summed E-state index contributed by atoms with van der Waals surface area (Å²) < 4.78 is 0. The van der Waals surface area contributed by atoms with E-state index in [0.29, 0.717) is 13.0 Å². The third kappa shape index (κ3) is 4.04. The fourth-order valence-corrected chi connectivity index (χ4v) is 3.68. The average molecular weight is 325 g/mol. The normalized spacial score (nSPS) is 17.6. The topological polar surface area (TPSA) is 43.7 Å². The highest BCUT2D eigenvalue weighted by atomic mass is 16.3. The molecule has 2 aromatic carbocycles. The molecular formula is C21H27NO2. The van der Waals surface area contributed by atoms with Crippen molar-refractivity contribution in [3.8, 4) is 0 Å². The first-order valence-corrected chi connectivity index (χ1v) is 8.92. The van der Waals surface area contributed by atoms with Crippen molar-refractivity contribution in [3.05, 3.63) is 71.8 Å². The van der Waals surface area contributed by atoms with Gasteiger partial charge in [-0.1, -0.05) is 67.1 Å². The molecule has 0 bridgehead atoms. The minimum Gasteiger partial charge on any atom is -0.392 e. The van der Waals surface area contributed by atoms with Crippen LogP contribution in [0.5, 0.6) is 0 Å². The summed E-state index contributed by atoms with van der Waals surface area (Å²) in [4.78, 5) is 2.31. The van der Waals surface area contributed by atoms with Crippen molar-refractivity contribution in [3.63, 3.8) is 0 Å². The molecule has 0 amide bonds. The Morgan fingerprint density at radius 2 is 1.33 bits per heavy atom. The number of hydrogen-bond acceptors (Lipinski definition) is 3. The van der Waals surface area contributed by atoms with E-state index >= 15 is 0 Å². The summed E-state index contributed by atoms with van der Waals surface area (Å²) >= 11 is 0. The van der Waals surface area contributed by atoms with Gasteiger partial charge in [0.25, 0.3) is 0 Å². The van der Waals surface area contributed by atoms with Gasteiger partial charge in [-0.25, -0.2) is 0 Å². The quantitative estimate of drug-likeness (QED) is 0.857. The van der Waals surface area contributed by atoms with E-state index < -0.39 is 11.7 Å². The number of likely N-dealkylation sites (tertiary alicyclic amines) is 1. The predicted molar refractivity (Wildman–Crippen MR) is 96.8 cm³/mol. The number of benzene rings is 2. The highest BCUT2D eigenvalue weighted by Crippen LogP contribution is 2.34. The Hall–Kier alpha value is -1.68. The standard InChI is InChI=1S/C21H27NO2/c23-20(17-22-14-8-3-9-15-22)16-21(24,18-10-4-1-5-11-18)19-12-6-2-7-13-19/h1-2,4-7,10-13,20,23-24H,3,8-9,14-17H2/t20-/m1/s1. The summed E-state index contributed by atoms with van der Waals surface area (Å²) in [6, 6.07) is 19.3. The molecule has 0 saturated carbocycles. The van der Waals surface area contributed by atoms with E-state index in [2.05, 4.69) is 4.90 Å². The van der Waals surface area contributed by atoms with Crippen molar-refractivity contribution < 1.29 is 10.2 Å². The zero-order valence-electron chi connectivity index (χ0n) is 14.1. The van der Waals surface area contributed by atoms with E-state index in [0.717, 1.165) is 24.2 Å². The molecule has 3 heteroatoms. The van der Waals surface area contributed by atoms with Crippen LogP contribution in [-0.2, 0) is 5.60 Å². The van der Waals surface area contributed by atoms with Crippen LogP contribution in [-0.4, -0.2) is 40.9 Å². The van der Waals surface area contributed by atoms with Crippen LogP contribution in [0.2, 0.25) is 0 Å². The first kappa shape index (κ1) is 17.2. The number of aliphatic hydroxyl groups excluding tert-OH is 1. The van der Waals surface area contributed by atoms with Gasteiger partial charge in [0.1, 0.15) is 5.60 Å². The largest absolute Gasteiger partial charge is 0.392 e. The Morgan fingerprint density at radius 1 is 0.833 bits per heavy atom. The summed E-state index contributed by atoms with van der Waals surface area (Å²) in [6.45, 7) is 2.72. The minimum absolute atomic E-state index is 0.303. The molecule has 0 unspecified atom stereocenters. The molecule has 0 radical (unpaired) electrons. The second-order valence-corrected chi connectivity index (χ2v) is 6.81. The molecule has 0 spiro atoms. The van der Waals surface area contributed by atoms with E-state index in [9.17, 15) is 10.2 Å². The first-order chi connectivity index (χ1) is 11.7. The van der Waals surface area contributed by atoms with Gasteiger partial charge in [0.15, 0.2) is 0 Å². The Labute approximate surface area is 144 Å². The summed E-state index contributed by atoms with van der Waals surface area (Å²) in [7, 11) is 0. The Kier molecular flexibility index (Phi) is 5.67. The average Bonchev–Trinajstić information content (AvgIpc) is 2.64. The molecule has 0 aliphatic carbocycles. The lowest BCUT2D eigenvalue weighted by Crippen LogP contribution is -2.40. The van der Waals surface area contributed by atoms with E-state index in [1.165, 1.54) is 19.3 Å². The Balaban J connectivity index is 1.80. The molecule has 0 aromatic heterocycles. The highest BCUT2D eigenvalue weighted by molar-refractivity contribution is 5.36. The fraction of sp³-hybridized carbons (Fsp3) is 0.429. The van der Waals surface area contributed by atoms with Crippen molar-refractivity contribution in [1.82, 2.24) is 4.90 Å². The molecule has 1 aliphatic heterocycles. The molecule has 1 fully saturated rings. The van der Waals surface area contributed by atoms with Gasteiger partial charge >= 0.3 is 0 Å². The maximum absolute atomic E-state index is 11.5.